The number of aryl methyl sites for hydroxylation is 1. The minimum atomic E-state index is -2.32. The fourth-order valence-corrected chi connectivity index (χ4v) is 1.47. The first-order valence-corrected chi connectivity index (χ1v) is 5.81. The van der Waals surface area contributed by atoms with Crippen LogP contribution in [0.25, 0.3) is 0 Å². The first kappa shape index (κ1) is 12.6. The van der Waals surface area contributed by atoms with Crippen LogP contribution in [0.1, 0.15) is 23.7 Å². The number of hydrogen-bond acceptors (Lipinski definition) is 4. The van der Waals surface area contributed by atoms with Crippen molar-refractivity contribution in [3.05, 3.63) is 35.4 Å². The van der Waals surface area contributed by atoms with Crippen LogP contribution in [-0.4, -0.2) is 21.5 Å². The topological polar surface area (TPSA) is 69.9 Å². The van der Waals surface area contributed by atoms with Crippen LogP contribution in [0.4, 0.5) is 0 Å². The van der Waals surface area contributed by atoms with Crippen molar-refractivity contribution in [1.82, 2.24) is 0 Å². The standard InChI is InChI=1S/C10H15O4P/c1-8-2-4-9(5-3-8)10(11)6-7-14-15(12)13/h2-5,10-13H,6-7H2,1H3. The Hall–Kier alpha value is -0.510. The van der Waals surface area contributed by atoms with Crippen LogP contribution in [0.2, 0.25) is 0 Å². The van der Waals surface area contributed by atoms with Gasteiger partial charge in [0, 0.05) is 6.42 Å². The van der Waals surface area contributed by atoms with Gasteiger partial charge in [-0.2, -0.15) is 0 Å². The summed E-state index contributed by atoms with van der Waals surface area (Å²) in [5.74, 6) is 0. The molecule has 1 aromatic rings. The Bertz CT molecular complexity index is 286. The molecule has 1 aromatic carbocycles. The second-order valence-corrected chi connectivity index (χ2v) is 4.06. The van der Waals surface area contributed by atoms with Crippen LogP contribution in [0.3, 0.4) is 0 Å². The van der Waals surface area contributed by atoms with Crippen LogP contribution in [-0.2, 0) is 4.52 Å². The average molecular weight is 230 g/mol. The van der Waals surface area contributed by atoms with Crippen molar-refractivity contribution in [2.24, 2.45) is 0 Å². The quantitative estimate of drug-likeness (QED) is 0.672. The van der Waals surface area contributed by atoms with Crippen LogP contribution in [0.5, 0.6) is 0 Å². The average Bonchev–Trinajstić information content (AvgIpc) is 2.18. The Balaban J connectivity index is 2.40. The summed E-state index contributed by atoms with van der Waals surface area (Å²) in [7, 11) is -2.32. The number of hydrogen-bond donors (Lipinski definition) is 3. The SMILES string of the molecule is Cc1ccc(C(O)CCOP(O)O)cc1. The summed E-state index contributed by atoms with van der Waals surface area (Å²) in [6, 6.07) is 7.54. The summed E-state index contributed by atoms with van der Waals surface area (Å²) >= 11 is 0. The predicted octanol–water partition coefficient (Wildman–Crippen LogP) is 1.65. The van der Waals surface area contributed by atoms with E-state index < -0.39 is 14.7 Å². The van der Waals surface area contributed by atoms with Crippen molar-refractivity contribution < 1.29 is 19.4 Å². The van der Waals surface area contributed by atoms with Gasteiger partial charge in [-0.05, 0) is 12.5 Å². The van der Waals surface area contributed by atoms with Crippen LogP contribution in [0.15, 0.2) is 24.3 Å². The molecule has 0 fully saturated rings. The molecule has 4 nitrogen and oxygen atoms in total. The molecule has 84 valence electrons. The van der Waals surface area contributed by atoms with E-state index in [9.17, 15) is 5.11 Å². The molecule has 5 heteroatoms. The lowest BCUT2D eigenvalue weighted by Gasteiger charge is -2.11. The van der Waals surface area contributed by atoms with Gasteiger partial charge in [-0.25, -0.2) is 0 Å². The molecule has 0 bridgehead atoms. The largest absolute Gasteiger partial charge is 0.388 e. The fraction of sp³-hybridized carbons (Fsp3) is 0.400. The molecule has 0 aliphatic rings. The van der Waals surface area contributed by atoms with E-state index in [1.165, 1.54) is 0 Å². The lowest BCUT2D eigenvalue weighted by atomic mass is 10.1. The van der Waals surface area contributed by atoms with Crippen LogP contribution >= 0.6 is 8.60 Å². The van der Waals surface area contributed by atoms with Gasteiger partial charge in [0.15, 0.2) is 0 Å². The van der Waals surface area contributed by atoms with Gasteiger partial charge in [-0.1, -0.05) is 29.8 Å². The lowest BCUT2D eigenvalue weighted by Crippen LogP contribution is -2.01. The van der Waals surface area contributed by atoms with Crippen molar-refractivity contribution in [3.8, 4) is 0 Å². The van der Waals surface area contributed by atoms with Crippen molar-refractivity contribution in [1.29, 1.82) is 0 Å². The molecule has 0 amide bonds. The van der Waals surface area contributed by atoms with E-state index in [-0.39, 0.29) is 6.61 Å². The fourth-order valence-electron chi connectivity index (χ4n) is 1.20. The van der Waals surface area contributed by atoms with E-state index in [0.717, 1.165) is 11.1 Å². The third-order valence-electron chi connectivity index (χ3n) is 2.06. The molecular formula is C10H15O4P. The minimum Gasteiger partial charge on any atom is -0.388 e. The summed E-state index contributed by atoms with van der Waals surface area (Å²) in [6.45, 7) is 2.11. The third-order valence-corrected chi connectivity index (χ3v) is 2.47. The first-order chi connectivity index (χ1) is 7.09. The van der Waals surface area contributed by atoms with E-state index in [0.29, 0.717) is 6.42 Å². The lowest BCUT2D eigenvalue weighted by molar-refractivity contribution is 0.135. The van der Waals surface area contributed by atoms with E-state index >= 15 is 0 Å². The summed E-state index contributed by atoms with van der Waals surface area (Å²) in [5.41, 5.74) is 1.95. The van der Waals surface area contributed by atoms with Gasteiger partial charge >= 0.3 is 8.60 Å². The number of rotatable bonds is 5. The number of benzene rings is 1. The maximum Gasteiger partial charge on any atom is 0.327 e. The van der Waals surface area contributed by atoms with E-state index in [2.05, 4.69) is 4.52 Å². The van der Waals surface area contributed by atoms with E-state index in [4.69, 9.17) is 9.79 Å². The van der Waals surface area contributed by atoms with Gasteiger partial charge < -0.3 is 19.4 Å². The Labute approximate surface area is 90.1 Å². The van der Waals surface area contributed by atoms with Crippen LogP contribution in [0, 0.1) is 6.92 Å². The highest BCUT2D eigenvalue weighted by atomic mass is 31.2. The molecule has 0 aromatic heterocycles. The molecule has 0 heterocycles. The Morgan fingerprint density at radius 2 is 1.87 bits per heavy atom. The highest BCUT2D eigenvalue weighted by Gasteiger charge is 2.08. The van der Waals surface area contributed by atoms with Gasteiger partial charge in [-0.15, -0.1) is 0 Å². The third kappa shape index (κ3) is 4.69. The van der Waals surface area contributed by atoms with Crippen molar-refractivity contribution in [2.45, 2.75) is 19.4 Å². The number of aliphatic hydroxyl groups is 1. The smallest absolute Gasteiger partial charge is 0.327 e. The maximum atomic E-state index is 9.69. The number of aliphatic hydroxyl groups excluding tert-OH is 1. The summed E-state index contributed by atoms with van der Waals surface area (Å²) < 4.78 is 4.57. The highest BCUT2D eigenvalue weighted by Crippen LogP contribution is 2.26. The molecule has 0 aliphatic carbocycles. The van der Waals surface area contributed by atoms with Crippen LogP contribution < -0.4 is 0 Å². The van der Waals surface area contributed by atoms with Crippen molar-refractivity contribution >= 4 is 8.60 Å². The zero-order valence-electron chi connectivity index (χ0n) is 8.50. The minimum absolute atomic E-state index is 0.133. The Morgan fingerprint density at radius 3 is 2.40 bits per heavy atom. The maximum absolute atomic E-state index is 9.69. The molecular weight excluding hydrogens is 215 g/mol. The molecule has 3 N–H and O–H groups in total. The summed E-state index contributed by atoms with van der Waals surface area (Å²) in [5, 5.41) is 9.69. The molecule has 0 spiro atoms. The summed E-state index contributed by atoms with van der Waals surface area (Å²) in [4.78, 5) is 17.0. The molecule has 0 aliphatic heterocycles. The van der Waals surface area contributed by atoms with Crippen molar-refractivity contribution in [2.75, 3.05) is 6.61 Å². The van der Waals surface area contributed by atoms with Gasteiger partial charge in [-0.3, -0.25) is 0 Å². The van der Waals surface area contributed by atoms with Gasteiger partial charge in [0.25, 0.3) is 0 Å². The second kappa shape index (κ2) is 6.16. The van der Waals surface area contributed by atoms with Crippen molar-refractivity contribution in [3.63, 3.8) is 0 Å². The first-order valence-electron chi connectivity index (χ1n) is 4.65. The molecule has 1 rings (SSSR count). The highest BCUT2D eigenvalue weighted by molar-refractivity contribution is 7.39. The Morgan fingerprint density at radius 1 is 1.27 bits per heavy atom. The molecule has 0 radical (unpaired) electrons. The predicted molar refractivity (Wildman–Crippen MR) is 58.1 cm³/mol. The molecule has 0 saturated carbocycles. The molecule has 1 atom stereocenters. The molecule has 0 saturated heterocycles. The monoisotopic (exact) mass is 230 g/mol. The normalized spacial score (nSPS) is 13.1. The van der Waals surface area contributed by atoms with Gasteiger partial charge in [0.1, 0.15) is 0 Å². The zero-order chi connectivity index (χ0) is 11.3. The second-order valence-electron chi connectivity index (χ2n) is 3.30. The van der Waals surface area contributed by atoms with E-state index in [1.807, 2.05) is 31.2 Å². The van der Waals surface area contributed by atoms with E-state index in [1.54, 1.807) is 0 Å². The summed E-state index contributed by atoms with van der Waals surface area (Å²) in [6.07, 6.45) is -0.274. The molecule has 15 heavy (non-hydrogen) atoms. The molecule has 1 unspecified atom stereocenters. The zero-order valence-corrected chi connectivity index (χ0v) is 9.39. The van der Waals surface area contributed by atoms with Gasteiger partial charge in [0.2, 0.25) is 0 Å². The Kier molecular flexibility index (Phi) is 5.15. The van der Waals surface area contributed by atoms with Gasteiger partial charge in [0.05, 0.1) is 12.7 Å².